The first-order valence-corrected chi connectivity index (χ1v) is 4.79. The van der Waals surface area contributed by atoms with Gasteiger partial charge >= 0.3 is 0 Å². The Hall–Kier alpha value is -0.340. The number of hydrogen-bond donors (Lipinski definition) is 1. The van der Waals surface area contributed by atoms with Gasteiger partial charge in [-0.05, 0) is 31.9 Å². The van der Waals surface area contributed by atoms with Gasteiger partial charge in [-0.2, -0.15) is 0 Å². The van der Waals surface area contributed by atoms with Crippen LogP contribution in [0, 0.1) is 13.8 Å². The first-order chi connectivity index (χ1) is 5.15. The molecule has 1 rings (SSSR count). The molecule has 1 nitrogen and oxygen atoms in total. The van der Waals surface area contributed by atoms with Crippen molar-refractivity contribution in [3.05, 3.63) is 21.4 Å². The highest BCUT2D eigenvalue weighted by Crippen LogP contribution is 2.27. The maximum absolute atomic E-state index is 5.92. The third-order valence-corrected chi connectivity index (χ3v) is 3.14. The van der Waals surface area contributed by atoms with E-state index in [1.165, 1.54) is 15.3 Å². The fraction of sp³-hybridized carbons (Fsp3) is 0.556. The van der Waals surface area contributed by atoms with Crippen LogP contribution in [-0.4, -0.2) is 0 Å². The Labute approximate surface area is 72.2 Å². The van der Waals surface area contributed by atoms with Crippen LogP contribution in [0.1, 0.15) is 34.7 Å². The van der Waals surface area contributed by atoms with Crippen molar-refractivity contribution in [3.63, 3.8) is 0 Å². The Bertz CT molecular complexity index is 240. The van der Waals surface area contributed by atoms with Gasteiger partial charge in [-0.15, -0.1) is 11.3 Å². The van der Waals surface area contributed by atoms with E-state index in [0.29, 0.717) is 0 Å². The smallest absolute Gasteiger partial charge is 0.0389 e. The van der Waals surface area contributed by atoms with Gasteiger partial charge in [-0.3, -0.25) is 0 Å². The van der Waals surface area contributed by atoms with Crippen LogP contribution in [-0.2, 0) is 0 Å². The molecule has 0 unspecified atom stereocenters. The summed E-state index contributed by atoms with van der Waals surface area (Å²) in [6.07, 6.45) is 1.03. The second-order valence-corrected chi connectivity index (χ2v) is 4.21. The molecule has 0 aliphatic rings. The minimum atomic E-state index is 0.244. The van der Waals surface area contributed by atoms with Crippen molar-refractivity contribution in [2.75, 3.05) is 0 Å². The zero-order valence-electron chi connectivity index (χ0n) is 7.35. The van der Waals surface area contributed by atoms with E-state index < -0.39 is 0 Å². The summed E-state index contributed by atoms with van der Waals surface area (Å²) in [4.78, 5) is 2.71. The third kappa shape index (κ3) is 1.82. The van der Waals surface area contributed by atoms with Crippen LogP contribution in [0.15, 0.2) is 6.07 Å². The lowest BCUT2D eigenvalue weighted by Crippen LogP contribution is -2.07. The van der Waals surface area contributed by atoms with E-state index in [9.17, 15) is 0 Å². The van der Waals surface area contributed by atoms with Gasteiger partial charge in [0.1, 0.15) is 0 Å². The highest BCUT2D eigenvalue weighted by atomic mass is 32.1. The van der Waals surface area contributed by atoms with Crippen LogP contribution in [0.4, 0.5) is 0 Å². The Balaban J connectivity index is 2.93. The van der Waals surface area contributed by atoms with Crippen LogP contribution in [0.5, 0.6) is 0 Å². The molecule has 0 aliphatic carbocycles. The molecule has 1 aromatic rings. The number of aryl methyl sites for hydroxylation is 2. The highest BCUT2D eigenvalue weighted by molar-refractivity contribution is 7.12. The molecule has 0 radical (unpaired) electrons. The molecule has 0 aromatic carbocycles. The molecule has 1 heterocycles. The van der Waals surface area contributed by atoms with Crippen molar-refractivity contribution in [1.82, 2.24) is 0 Å². The van der Waals surface area contributed by atoms with Crippen molar-refractivity contribution in [2.24, 2.45) is 5.73 Å². The summed E-state index contributed by atoms with van der Waals surface area (Å²) in [6, 6.07) is 2.45. The molecule has 0 aliphatic heterocycles. The summed E-state index contributed by atoms with van der Waals surface area (Å²) in [5, 5.41) is 0. The van der Waals surface area contributed by atoms with Gasteiger partial charge in [0.2, 0.25) is 0 Å². The molecular weight excluding hydrogens is 154 g/mol. The minimum absolute atomic E-state index is 0.244. The summed E-state index contributed by atoms with van der Waals surface area (Å²) in [6.45, 7) is 6.39. The van der Waals surface area contributed by atoms with Crippen LogP contribution < -0.4 is 5.73 Å². The van der Waals surface area contributed by atoms with Crippen molar-refractivity contribution >= 4 is 11.3 Å². The summed E-state index contributed by atoms with van der Waals surface area (Å²) in [7, 11) is 0. The first kappa shape index (κ1) is 8.75. The lowest BCUT2D eigenvalue weighted by Gasteiger charge is -2.06. The van der Waals surface area contributed by atoms with E-state index in [-0.39, 0.29) is 6.04 Å². The quantitative estimate of drug-likeness (QED) is 0.724. The van der Waals surface area contributed by atoms with Gasteiger partial charge in [0.15, 0.2) is 0 Å². The fourth-order valence-electron chi connectivity index (χ4n) is 1.21. The van der Waals surface area contributed by atoms with Crippen LogP contribution in [0.25, 0.3) is 0 Å². The molecule has 0 spiro atoms. The van der Waals surface area contributed by atoms with E-state index >= 15 is 0 Å². The maximum atomic E-state index is 5.92. The SMILES string of the molecule is CC[C@@H](N)c1sc(C)cc1C. The molecule has 0 saturated heterocycles. The van der Waals surface area contributed by atoms with Gasteiger partial charge in [0.05, 0.1) is 0 Å². The average Bonchev–Trinajstić information content (AvgIpc) is 2.28. The topological polar surface area (TPSA) is 26.0 Å². The fourth-order valence-corrected chi connectivity index (χ4v) is 2.33. The van der Waals surface area contributed by atoms with Gasteiger partial charge < -0.3 is 5.73 Å². The number of rotatable bonds is 2. The molecule has 0 amide bonds. The van der Waals surface area contributed by atoms with Gasteiger partial charge in [-0.1, -0.05) is 6.92 Å². The maximum Gasteiger partial charge on any atom is 0.0389 e. The lowest BCUT2D eigenvalue weighted by atomic mass is 10.1. The normalized spacial score (nSPS) is 13.5. The molecule has 1 aromatic heterocycles. The van der Waals surface area contributed by atoms with E-state index in [2.05, 4.69) is 26.8 Å². The number of thiophene rings is 1. The predicted octanol–water partition coefficient (Wildman–Crippen LogP) is 2.77. The molecule has 1 atom stereocenters. The Morgan fingerprint density at radius 1 is 1.55 bits per heavy atom. The van der Waals surface area contributed by atoms with Crippen molar-refractivity contribution < 1.29 is 0 Å². The monoisotopic (exact) mass is 169 g/mol. The van der Waals surface area contributed by atoms with Crippen LogP contribution in [0.3, 0.4) is 0 Å². The van der Waals surface area contributed by atoms with Gasteiger partial charge in [0, 0.05) is 15.8 Å². The zero-order valence-corrected chi connectivity index (χ0v) is 8.16. The Morgan fingerprint density at radius 2 is 2.18 bits per heavy atom. The zero-order chi connectivity index (χ0) is 8.43. The second-order valence-electron chi connectivity index (χ2n) is 2.92. The molecule has 0 fully saturated rings. The summed E-state index contributed by atoms with van der Waals surface area (Å²) >= 11 is 1.82. The largest absolute Gasteiger partial charge is 0.323 e. The molecule has 2 heteroatoms. The van der Waals surface area contributed by atoms with E-state index in [1.807, 2.05) is 11.3 Å². The van der Waals surface area contributed by atoms with E-state index in [0.717, 1.165) is 6.42 Å². The van der Waals surface area contributed by atoms with Crippen molar-refractivity contribution in [3.8, 4) is 0 Å². The van der Waals surface area contributed by atoms with Crippen LogP contribution in [0.2, 0.25) is 0 Å². The lowest BCUT2D eigenvalue weighted by molar-refractivity contribution is 0.708. The molecule has 11 heavy (non-hydrogen) atoms. The number of hydrogen-bond acceptors (Lipinski definition) is 2. The second kappa shape index (κ2) is 3.37. The van der Waals surface area contributed by atoms with E-state index in [4.69, 9.17) is 5.73 Å². The Morgan fingerprint density at radius 3 is 2.55 bits per heavy atom. The third-order valence-electron chi connectivity index (χ3n) is 1.86. The number of nitrogens with two attached hydrogens (primary N) is 1. The van der Waals surface area contributed by atoms with Gasteiger partial charge in [0.25, 0.3) is 0 Å². The Kier molecular flexibility index (Phi) is 2.68. The minimum Gasteiger partial charge on any atom is -0.323 e. The molecule has 0 bridgehead atoms. The molecule has 0 saturated carbocycles. The van der Waals surface area contributed by atoms with Crippen molar-refractivity contribution in [1.29, 1.82) is 0 Å². The highest BCUT2D eigenvalue weighted by Gasteiger charge is 2.08. The molecule has 2 N–H and O–H groups in total. The van der Waals surface area contributed by atoms with Crippen molar-refractivity contribution in [2.45, 2.75) is 33.2 Å². The van der Waals surface area contributed by atoms with Crippen LogP contribution >= 0.6 is 11.3 Å². The molecule has 62 valence electrons. The van der Waals surface area contributed by atoms with Gasteiger partial charge in [-0.25, -0.2) is 0 Å². The summed E-state index contributed by atoms with van der Waals surface area (Å²) in [5.74, 6) is 0. The summed E-state index contributed by atoms with van der Waals surface area (Å²) < 4.78 is 0. The molecular formula is C9H15NS. The predicted molar refractivity (Wildman–Crippen MR) is 51.0 cm³/mol. The first-order valence-electron chi connectivity index (χ1n) is 3.97. The standard InChI is InChI=1S/C9H15NS/c1-4-8(10)9-6(2)5-7(3)11-9/h5,8H,4,10H2,1-3H3/t8-/m1/s1. The van der Waals surface area contributed by atoms with E-state index in [1.54, 1.807) is 0 Å². The summed E-state index contributed by atoms with van der Waals surface area (Å²) in [5.41, 5.74) is 7.27. The average molecular weight is 169 g/mol.